The summed E-state index contributed by atoms with van der Waals surface area (Å²) in [4.78, 5) is 7.20. The van der Waals surface area contributed by atoms with E-state index in [0.717, 1.165) is 78.5 Å². The van der Waals surface area contributed by atoms with Crippen molar-refractivity contribution in [3.63, 3.8) is 0 Å². The zero-order valence-electron chi connectivity index (χ0n) is 16.9. The summed E-state index contributed by atoms with van der Waals surface area (Å²) in [5.41, 5.74) is 4.46. The van der Waals surface area contributed by atoms with Crippen molar-refractivity contribution in [3.05, 3.63) is 35.4 Å². The third-order valence-electron chi connectivity index (χ3n) is 6.91. The summed E-state index contributed by atoms with van der Waals surface area (Å²) in [6.45, 7) is 7.89. The molecule has 1 N–H and O–H groups in total. The van der Waals surface area contributed by atoms with Crippen LogP contribution < -0.4 is 4.90 Å². The van der Waals surface area contributed by atoms with Gasteiger partial charge in [-0.05, 0) is 46.1 Å². The molecule has 2 unspecified atom stereocenters. The van der Waals surface area contributed by atoms with Crippen molar-refractivity contribution in [2.75, 3.05) is 18.0 Å². The number of hydrogen-bond donors (Lipinski definition) is 1. The Morgan fingerprint density at radius 3 is 2.86 bits per heavy atom. The van der Waals surface area contributed by atoms with Gasteiger partial charge in [-0.1, -0.05) is 12.8 Å². The highest BCUT2D eigenvalue weighted by Crippen LogP contribution is 2.41. The van der Waals surface area contributed by atoms with Crippen LogP contribution in [-0.2, 0) is 0 Å². The number of piperidine rings is 1. The smallest absolute Gasteiger partial charge is 0.158 e. The molecule has 0 bridgehead atoms. The van der Waals surface area contributed by atoms with Crippen LogP contribution in [0.15, 0.2) is 22.8 Å². The molecule has 6 heteroatoms. The summed E-state index contributed by atoms with van der Waals surface area (Å²) in [5.74, 6) is 2.32. The molecular formula is C22H28N4O2. The average molecular weight is 380 g/mol. The standard InChI is InChI=1S/C22H28N4O2/c1-14-15(2)23-20-12-19(18-7-11-28-16(18)3)24-26(20)21(14)25-10-9-22(27)8-5-4-6-17(22)13-25/h7,11-12,17,27H,4-6,8-10,13H2,1-3H3. The van der Waals surface area contributed by atoms with Crippen LogP contribution in [0.3, 0.4) is 0 Å². The van der Waals surface area contributed by atoms with Gasteiger partial charge in [0.1, 0.15) is 11.6 Å². The molecule has 148 valence electrons. The summed E-state index contributed by atoms with van der Waals surface area (Å²) in [7, 11) is 0. The molecule has 1 aliphatic heterocycles. The van der Waals surface area contributed by atoms with Crippen LogP contribution in [0.25, 0.3) is 16.9 Å². The first kappa shape index (κ1) is 17.7. The van der Waals surface area contributed by atoms with Gasteiger partial charge in [-0.25, -0.2) is 4.98 Å². The zero-order valence-corrected chi connectivity index (χ0v) is 16.9. The number of aliphatic hydroxyl groups is 1. The summed E-state index contributed by atoms with van der Waals surface area (Å²) in [5, 5.41) is 16.0. The monoisotopic (exact) mass is 380 g/mol. The Labute approximate surface area is 165 Å². The predicted molar refractivity (Wildman–Crippen MR) is 109 cm³/mol. The summed E-state index contributed by atoms with van der Waals surface area (Å²) < 4.78 is 7.45. The van der Waals surface area contributed by atoms with Gasteiger partial charge in [-0.15, -0.1) is 0 Å². The Kier molecular flexibility index (Phi) is 4.02. The van der Waals surface area contributed by atoms with Crippen molar-refractivity contribution in [2.24, 2.45) is 5.92 Å². The second kappa shape index (κ2) is 6.34. The van der Waals surface area contributed by atoms with Crippen LogP contribution in [-0.4, -0.2) is 38.4 Å². The maximum atomic E-state index is 11.1. The van der Waals surface area contributed by atoms with Gasteiger partial charge in [0.2, 0.25) is 0 Å². The van der Waals surface area contributed by atoms with Gasteiger partial charge in [0, 0.05) is 41.9 Å². The lowest BCUT2D eigenvalue weighted by Crippen LogP contribution is -2.54. The quantitative estimate of drug-likeness (QED) is 0.727. The molecule has 2 atom stereocenters. The van der Waals surface area contributed by atoms with Crippen molar-refractivity contribution < 1.29 is 9.52 Å². The first-order valence-electron chi connectivity index (χ1n) is 10.3. The first-order chi connectivity index (χ1) is 13.5. The highest BCUT2D eigenvalue weighted by atomic mass is 16.3. The number of fused-ring (bicyclic) bond motifs is 2. The van der Waals surface area contributed by atoms with Crippen molar-refractivity contribution in [3.8, 4) is 11.3 Å². The van der Waals surface area contributed by atoms with E-state index in [1.54, 1.807) is 6.26 Å². The van der Waals surface area contributed by atoms with Crippen molar-refractivity contribution >= 4 is 11.5 Å². The van der Waals surface area contributed by atoms with E-state index in [1.807, 2.05) is 23.6 Å². The molecule has 0 aromatic carbocycles. The topological polar surface area (TPSA) is 66.8 Å². The Morgan fingerprint density at radius 2 is 2.07 bits per heavy atom. The van der Waals surface area contributed by atoms with E-state index in [2.05, 4.69) is 18.7 Å². The van der Waals surface area contributed by atoms with Crippen LogP contribution in [0.4, 0.5) is 5.82 Å². The fourth-order valence-corrected chi connectivity index (χ4v) is 5.10. The van der Waals surface area contributed by atoms with E-state index in [9.17, 15) is 5.11 Å². The molecule has 1 saturated heterocycles. The molecule has 4 heterocycles. The number of nitrogens with zero attached hydrogens (tertiary/aromatic N) is 4. The molecule has 3 aromatic rings. The molecule has 6 nitrogen and oxygen atoms in total. The number of rotatable bonds is 2. The van der Waals surface area contributed by atoms with Gasteiger partial charge >= 0.3 is 0 Å². The highest BCUT2D eigenvalue weighted by molar-refractivity contribution is 5.68. The normalized spacial score (nSPS) is 25.3. The number of hydrogen-bond acceptors (Lipinski definition) is 5. The molecule has 2 aliphatic rings. The molecule has 1 saturated carbocycles. The molecule has 1 aliphatic carbocycles. The van der Waals surface area contributed by atoms with Gasteiger partial charge in [0.15, 0.2) is 5.65 Å². The van der Waals surface area contributed by atoms with Gasteiger partial charge in [0.05, 0.1) is 17.6 Å². The van der Waals surface area contributed by atoms with E-state index in [1.165, 1.54) is 6.42 Å². The molecule has 5 rings (SSSR count). The average Bonchev–Trinajstić information content (AvgIpc) is 3.28. The van der Waals surface area contributed by atoms with Crippen LogP contribution in [0.5, 0.6) is 0 Å². The molecule has 0 amide bonds. The van der Waals surface area contributed by atoms with E-state index in [0.29, 0.717) is 5.92 Å². The van der Waals surface area contributed by atoms with Gasteiger partial charge in [-0.2, -0.15) is 9.61 Å². The minimum Gasteiger partial charge on any atom is -0.469 e. The Hall–Kier alpha value is -2.34. The lowest BCUT2D eigenvalue weighted by molar-refractivity contribution is -0.0614. The first-order valence-corrected chi connectivity index (χ1v) is 10.3. The summed E-state index contributed by atoms with van der Waals surface area (Å²) in [6.07, 6.45) is 6.95. The van der Waals surface area contributed by atoms with Gasteiger partial charge < -0.3 is 14.4 Å². The van der Waals surface area contributed by atoms with E-state index < -0.39 is 5.60 Å². The molecule has 3 aromatic heterocycles. The lowest BCUT2D eigenvalue weighted by Gasteiger charge is -2.48. The zero-order chi connectivity index (χ0) is 19.5. The van der Waals surface area contributed by atoms with Crippen molar-refractivity contribution in [1.29, 1.82) is 0 Å². The number of aromatic nitrogens is 3. The van der Waals surface area contributed by atoms with Crippen LogP contribution in [0, 0.1) is 26.7 Å². The van der Waals surface area contributed by atoms with Crippen LogP contribution in [0.1, 0.15) is 49.1 Å². The van der Waals surface area contributed by atoms with Crippen molar-refractivity contribution in [2.45, 2.75) is 58.5 Å². The molecule has 0 radical (unpaired) electrons. The molecule has 0 spiro atoms. The van der Waals surface area contributed by atoms with E-state index in [4.69, 9.17) is 14.5 Å². The SMILES string of the molecule is Cc1nc2cc(-c3ccoc3C)nn2c(N2CCC3(O)CCCCC3C2)c1C. The molecule has 28 heavy (non-hydrogen) atoms. The maximum absolute atomic E-state index is 11.1. The Morgan fingerprint density at radius 1 is 1.21 bits per heavy atom. The minimum atomic E-state index is -0.479. The second-order valence-electron chi connectivity index (χ2n) is 8.58. The lowest BCUT2D eigenvalue weighted by atomic mass is 9.71. The van der Waals surface area contributed by atoms with E-state index >= 15 is 0 Å². The van der Waals surface area contributed by atoms with Gasteiger partial charge in [0.25, 0.3) is 0 Å². The van der Waals surface area contributed by atoms with E-state index in [-0.39, 0.29) is 0 Å². The van der Waals surface area contributed by atoms with Crippen LogP contribution >= 0.6 is 0 Å². The molecule has 2 fully saturated rings. The Bertz CT molecular complexity index is 1040. The third kappa shape index (κ3) is 2.65. The maximum Gasteiger partial charge on any atom is 0.158 e. The third-order valence-corrected chi connectivity index (χ3v) is 6.91. The summed E-state index contributed by atoms with van der Waals surface area (Å²) in [6, 6.07) is 3.99. The number of furan rings is 1. The number of anilines is 1. The largest absolute Gasteiger partial charge is 0.469 e. The fourth-order valence-electron chi connectivity index (χ4n) is 5.10. The Balaban J connectivity index is 1.59. The van der Waals surface area contributed by atoms with Gasteiger partial charge in [-0.3, -0.25) is 0 Å². The minimum absolute atomic E-state index is 0.337. The van der Waals surface area contributed by atoms with Crippen molar-refractivity contribution in [1.82, 2.24) is 14.6 Å². The van der Waals surface area contributed by atoms with Crippen LogP contribution in [0.2, 0.25) is 0 Å². The highest BCUT2D eigenvalue weighted by Gasteiger charge is 2.43. The number of aryl methyl sites for hydroxylation is 2. The predicted octanol–water partition coefficient (Wildman–Crippen LogP) is 4.05. The second-order valence-corrected chi connectivity index (χ2v) is 8.58. The summed E-state index contributed by atoms with van der Waals surface area (Å²) >= 11 is 0. The fraction of sp³-hybridized carbons (Fsp3) is 0.545. The molecular weight excluding hydrogens is 352 g/mol.